The van der Waals surface area contributed by atoms with Crippen LogP contribution >= 0.6 is 0 Å². The Bertz CT molecular complexity index is 4350. The van der Waals surface area contributed by atoms with Gasteiger partial charge in [-0.3, -0.25) is 5.01 Å². The van der Waals surface area contributed by atoms with Gasteiger partial charge in [-0.25, -0.2) is 64.9 Å². The first-order valence-corrected chi connectivity index (χ1v) is 22.4. The Labute approximate surface area is 397 Å². The molecule has 3 N–H and O–H groups in total. The summed E-state index contributed by atoms with van der Waals surface area (Å²) in [5, 5.41) is 16.7. The third-order valence-electron chi connectivity index (χ3n) is 13.2. The number of hydrazine groups is 1. The number of imidazole rings is 2. The van der Waals surface area contributed by atoms with E-state index in [0.29, 0.717) is 103 Å². The van der Waals surface area contributed by atoms with Crippen LogP contribution in [-0.4, -0.2) is 80.9 Å². The minimum Gasteiger partial charge on any atom is -0.447 e. The molecule has 0 amide bonds. The van der Waals surface area contributed by atoms with Gasteiger partial charge in [-0.05, 0) is 60.0 Å². The smallest absolute Gasteiger partial charge is 0.218 e. The number of pyridine rings is 2. The van der Waals surface area contributed by atoms with Crippen LogP contribution in [0.1, 0.15) is 28.4 Å². The molecule has 0 bridgehead atoms. The molecule has 0 saturated carbocycles. The van der Waals surface area contributed by atoms with Gasteiger partial charge in [-0.15, -0.1) is 10.2 Å². The number of nitrogens with zero attached hydrogens (tertiary/aromatic N) is 16. The molecule has 1 unspecified atom stereocenters. The van der Waals surface area contributed by atoms with Gasteiger partial charge in [0, 0.05) is 56.5 Å². The van der Waals surface area contributed by atoms with Crippen LogP contribution in [-0.2, 0) is 0 Å². The van der Waals surface area contributed by atoms with Gasteiger partial charge in [-0.2, -0.15) is 0 Å². The maximum atomic E-state index is 6.60. The van der Waals surface area contributed by atoms with Gasteiger partial charge in [0.2, 0.25) is 23.4 Å². The Balaban J connectivity index is 1.15. The van der Waals surface area contributed by atoms with E-state index in [4.69, 9.17) is 44.4 Å². The molecule has 7 aromatic heterocycles. The molecule has 0 spiro atoms. The third-order valence-corrected chi connectivity index (χ3v) is 13.2. The lowest BCUT2D eigenvalue weighted by Crippen LogP contribution is -2.37. The molecule has 20 nitrogen and oxygen atoms in total. The first kappa shape index (κ1) is 37.6. The minimum atomic E-state index is -0.711. The quantitative estimate of drug-likeness (QED) is 0.129. The Morgan fingerprint density at radius 1 is 0.577 bits per heavy atom. The van der Waals surface area contributed by atoms with E-state index in [1.807, 2.05) is 66.7 Å². The summed E-state index contributed by atoms with van der Waals surface area (Å²) in [6.07, 6.45) is 9.48. The van der Waals surface area contributed by atoms with E-state index in [1.54, 1.807) is 18.7 Å². The fourth-order valence-corrected chi connectivity index (χ4v) is 10.3. The number of para-hydroxylation sites is 2. The van der Waals surface area contributed by atoms with Crippen molar-refractivity contribution >= 4 is 114 Å². The topological polar surface area (TPSA) is 243 Å². The Morgan fingerprint density at radius 3 is 2.28 bits per heavy atom. The number of rotatable bonds is 7. The Morgan fingerprint density at radius 2 is 1.39 bits per heavy atom. The summed E-state index contributed by atoms with van der Waals surface area (Å²) >= 11 is 0. The number of aromatic nitrogens is 9. The van der Waals surface area contributed by atoms with Gasteiger partial charge in [0.05, 0.1) is 45.9 Å². The lowest BCUT2D eigenvalue weighted by Gasteiger charge is -2.35. The summed E-state index contributed by atoms with van der Waals surface area (Å²) in [6.45, 7) is 0. The van der Waals surface area contributed by atoms with Gasteiger partial charge >= 0.3 is 0 Å². The molecule has 20 heteroatoms. The Kier molecular flexibility index (Phi) is 7.42. The van der Waals surface area contributed by atoms with Crippen molar-refractivity contribution in [2.45, 2.75) is 6.04 Å². The molecule has 0 aliphatic carbocycles. The number of anilines is 3. The van der Waals surface area contributed by atoms with E-state index in [9.17, 15) is 0 Å². The van der Waals surface area contributed by atoms with Gasteiger partial charge in [0.25, 0.3) is 0 Å². The summed E-state index contributed by atoms with van der Waals surface area (Å²) in [5.74, 6) is 2.74. The number of benzene rings is 4. The molecule has 0 radical (unpaired) electrons. The second-order valence-corrected chi connectivity index (χ2v) is 17.1. The van der Waals surface area contributed by atoms with Gasteiger partial charge in [0.15, 0.2) is 17.1 Å². The maximum absolute atomic E-state index is 6.60. The van der Waals surface area contributed by atoms with Crippen molar-refractivity contribution < 1.29 is 4.42 Å². The number of fused-ring (bicyclic) bond motifs is 8. The van der Waals surface area contributed by atoms with Gasteiger partial charge in [0.1, 0.15) is 53.6 Å². The normalized spacial score (nSPS) is 16.6. The number of nitrogens with one attached hydrogen (secondary N) is 3. The van der Waals surface area contributed by atoms with E-state index in [-0.39, 0.29) is 0 Å². The lowest BCUT2D eigenvalue weighted by molar-refractivity contribution is 0.555. The highest BCUT2D eigenvalue weighted by Crippen LogP contribution is 2.60. The summed E-state index contributed by atoms with van der Waals surface area (Å²) in [6, 6.07) is 33.7. The third kappa shape index (κ3) is 5.36. The highest BCUT2D eigenvalue weighted by atomic mass is 16.4. The van der Waals surface area contributed by atoms with E-state index in [0.717, 1.165) is 49.7 Å². The van der Waals surface area contributed by atoms with Crippen molar-refractivity contribution in [3.8, 4) is 22.8 Å². The zero-order chi connectivity index (χ0) is 46.3. The second kappa shape index (κ2) is 14.0. The summed E-state index contributed by atoms with van der Waals surface area (Å²) in [4.78, 5) is 69.2. The predicted molar refractivity (Wildman–Crippen MR) is 270 cm³/mol. The van der Waals surface area contributed by atoms with Crippen molar-refractivity contribution in [3.63, 3.8) is 0 Å². The number of furan rings is 1. The highest BCUT2D eigenvalue weighted by molar-refractivity contribution is 6.52. The standard InChI is InChI=1S/C51H27N19O/c1-3-10-27-24(8-1)18-26-29(59-27)12-5-14-33(26)69-42(31-19-25-9-2-4-11-28(25)60-31)38-37(47-62-32-20-52-21-55-45(32)64-47)36(46-61-30-13-6-16-53-44(30)63-46)35(40-41-49(68-67-40)56-22-54-41)39(43(38)70(69)34-15-7-17-71-34)48-65-50-51(66-48)58-23-57-50/h1-23,42,60H,(H,53,61,63)(H,52,55,62,64). The molecule has 16 rings (SSSR count). The number of hydrogen-bond donors (Lipinski definition) is 3. The van der Waals surface area contributed by atoms with Crippen molar-refractivity contribution in [2.24, 2.45) is 40.2 Å². The fraction of sp³-hybridized carbons (Fsp3) is 0.0196. The van der Waals surface area contributed by atoms with Gasteiger partial charge < -0.3 is 19.4 Å². The van der Waals surface area contributed by atoms with Crippen LogP contribution in [0.4, 0.5) is 17.3 Å². The van der Waals surface area contributed by atoms with Crippen LogP contribution in [0.2, 0.25) is 0 Å². The number of azo groups is 1. The lowest BCUT2D eigenvalue weighted by atomic mass is 9.83. The zero-order valence-corrected chi connectivity index (χ0v) is 36.4. The molecule has 0 saturated heterocycles. The molecule has 4 aromatic carbocycles. The largest absolute Gasteiger partial charge is 0.447 e. The van der Waals surface area contributed by atoms with Crippen LogP contribution in [0.3, 0.4) is 0 Å². The number of aromatic amines is 3. The van der Waals surface area contributed by atoms with E-state index in [1.165, 1.54) is 19.0 Å². The van der Waals surface area contributed by atoms with E-state index < -0.39 is 6.04 Å². The first-order valence-electron chi connectivity index (χ1n) is 22.4. The van der Waals surface area contributed by atoms with E-state index in [2.05, 4.69) is 91.4 Å². The van der Waals surface area contributed by atoms with Gasteiger partial charge in [-0.1, -0.05) is 42.5 Å². The molecular weight excluding hydrogens is 895 g/mol. The summed E-state index contributed by atoms with van der Waals surface area (Å²) in [5.41, 5.74) is 10.9. The number of amidine groups is 4. The molecule has 12 heterocycles. The fourth-order valence-electron chi connectivity index (χ4n) is 10.3. The second-order valence-electron chi connectivity index (χ2n) is 17.1. The van der Waals surface area contributed by atoms with Crippen molar-refractivity contribution in [1.29, 1.82) is 0 Å². The van der Waals surface area contributed by atoms with Crippen LogP contribution in [0.25, 0.3) is 83.5 Å². The van der Waals surface area contributed by atoms with Crippen molar-refractivity contribution in [2.75, 3.05) is 10.0 Å². The van der Waals surface area contributed by atoms with Crippen molar-refractivity contribution in [3.05, 3.63) is 156 Å². The summed E-state index contributed by atoms with van der Waals surface area (Å²) < 4.78 is 6.60. The molecule has 332 valence electrons. The number of hydrogen-bond acceptors (Lipinski definition) is 17. The molecule has 0 fully saturated rings. The highest BCUT2D eigenvalue weighted by Gasteiger charge is 2.50. The minimum absolute atomic E-state index is 0.300. The predicted octanol–water partition coefficient (Wildman–Crippen LogP) is 9.57. The summed E-state index contributed by atoms with van der Waals surface area (Å²) in [7, 11) is 0. The zero-order valence-electron chi connectivity index (χ0n) is 36.4. The molecule has 71 heavy (non-hydrogen) atoms. The monoisotopic (exact) mass is 921 g/mol. The molecule has 5 aliphatic heterocycles. The SMILES string of the molecule is C1=NC2=NC(c3c(C4=C5N=CN=C5N=N4)c(-c4nc5ncccc5[nH]4)c(-c4nc5ncncc5[nH]4)c4c3N(c3ccco3)N(c3cccc5nc6ccccc6cc35)C4c3cc4ccccc4[nH]3)=NC2=N1. The van der Waals surface area contributed by atoms with E-state index >= 15 is 0 Å². The Hall–Kier alpha value is -10.5. The average Bonchev–Trinajstić information content (AvgIpc) is 4.25. The number of H-pyrrole nitrogens is 3. The number of aliphatic imine (C=N–C) groups is 6. The van der Waals surface area contributed by atoms with Crippen LogP contribution < -0.4 is 10.0 Å². The molecule has 5 aliphatic rings. The first-order chi connectivity index (χ1) is 35.2. The molecule has 11 aromatic rings. The maximum Gasteiger partial charge on any atom is 0.218 e. The average molecular weight is 922 g/mol. The van der Waals surface area contributed by atoms with Crippen LogP contribution in [0, 0.1) is 0 Å². The van der Waals surface area contributed by atoms with Crippen LogP contribution in [0.15, 0.2) is 178 Å². The van der Waals surface area contributed by atoms with Crippen LogP contribution in [0.5, 0.6) is 0 Å². The molecule has 1 atom stereocenters. The van der Waals surface area contributed by atoms with Crippen molar-refractivity contribution in [1.82, 2.24) is 44.9 Å². The molecular formula is C51H27N19O.